The van der Waals surface area contributed by atoms with Gasteiger partial charge in [0, 0.05) is 17.7 Å². The molecule has 0 atom stereocenters. The standard InChI is InChI=1S/C22H19F5N4O/c23-16-9-4-10-17(24)20(16)30-19-12-18(29-21(31-19)28-14-6-1-2-7-14)13-5-3-8-15(11-13)32-22(25,26)27/h3-5,8-12,14H,1-2,6-7H2,(H2,28,29,30,31). The van der Waals surface area contributed by atoms with Crippen LogP contribution in [0.5, 0.6) is 5.75 Å². The van der Waals surface area contributed by atoms with E-state index in [0.29, 0.717) is 5.56 Å². The van der Waals surface area contributed by atoms with E-state index in [1.165, 1.54) is 30.3 Å². The summed E-state index contributed by atoms with van der Waals surface area (Å²) in [5.41, 5.74) is 0.186. The molecule has 10 heteroatoms. The Morgan fingerprint density at radius 3 is 2.28 bits per heavy atom. The van der Waals surface area contributed by atoms with Crippen molar-refractivity contribution in [3.63, 3.8) is 0 Å². The largest absolute Gasteiger partial charge is 0.573 e. The van der Waals surface area contributed by atoms with Gasteiger partial charge in [-0.2, -0.15) is 4.98 Å². The molecule has 32 heavy (non-hydrogen) atoms. The normalized spacial score (nSPS) is 14.4. The molecule has 0 aliphatic heterocycles. The molecule has 1 heterocycles. The highest BCUT2D eigenvalue weighted by atomic mass is 19.4. The third-order valence-corrected chi connectivity index (χ3v) is 4.99. The minimum atomic E-state index is -4.84. The first-order valence-electron chi connectivity index (χ1n) is 10.00. The Labute approximate surface area is 180 Å². The number of anilines is 3. The zero-order valence-electron chi connectivity index (χ0n) is 16.7. The maximum Gasteiger partial charge on any atom is 0.573 e. The molecule has 3 aromatic rings. The van der Waals surface area contributed by atoms with Crippen LogP contribution in [-0.4, -0.2) is 22.4 Å². The number of nitrogens with one attached hydrogen (secondary N) is 2. The summed E-state index contributed by atoms with van der Waals surface area (Å²) in [6.45, 7) is 0. The number of alkyl halides is 3. The number of benzene rings is 2. The fourth-order valence-electron chi connectivity index (χ4n) is 3.57. The van der Waals surface area contributed by atoms with Gasteiger partial charge in [0.2, 0.25) is 5.95 Å². The number of hydrogen-bond donors (Lipinski definition) is 2. The van der Waals surface area contributed by atoms with E-state index in [9.17, 15) is 22.0 Å². The Kier molecular flexibility index (Phi) is 6.11. The van der Waals surface area contributed by atoms with Gasteiger partial charge in [-0.1, -0.05) is 31.0 Å². The van der Waals surface area contributed by atoms with E-state index in [2.05, 4.69) is 25.3 Å². The van der Waals surface area contributed by atoms with Gasteiger partial charge in [-0.05, 0) is 37.1 Å². The first-order valence-corrected chi connectivity index (χ1v) is 10.00. The topological polar surface area (TPSA) is 59.1 Å². The predicted octanol–water partition coefficient (Wildman–Crippen LogP) is 6.42. The van der Waals surface area contributed by atoms with Crippen LogP contribution in [0, 0.1) is 11.6 Å². The van der Waals surface area contributed by atoms with Gasteiger partial charge in [0.15, 0.2) is 0 Å². The molecule has 5 nitrogen and oxygen atoms in total. The molecule has 1 aromatic heterocycles. The highest BCUT2D eigenvalue weighted by Crippen LogP contribution is 2.31. The molecule has 1 fully saturated rings. The molecule has 0 amide bonds. The van der Waals surface area contributed by atoms with Crippen LogP contribution in [0.15, 0.2) is 48.5 Å². The number of nitrogens with zero attached hydrogens (tertiary/aromatic N) is 2. The highest BCUT2D eigenvalue weighted by Gasteiger charge is 2.31. The Balaban J connectivity index is 1.71. The van der Waals surface area contributed by atoms with Crippen molar-refractivity contribution in [3.05, 3.63) is 60.2 Å². The van der Waals surface area contributed by atoms with Gasteiger partial charge >= 0.3 is 6.36 Å². The molecule has 168 valence electrons. The van der Waals surface area contributed by atoms with Crippen molar-refractivity contribution in [1.82, 2.24) is 9.97 Å². The van der Waals surface area contributed by atoms with Crippen LogP contribution in [0.4, 0.5) is 39.4 Å². The molecule has 0 spiro atoms. The Bertz CT molecular complexity index is 1080. The molecule has 0 unspecified atom stereocenters. The van der Waals surface area contributed by atoms with Crippen LogP contribution >= 0.6 is 0 Å². The van der Waals surface area contributed by atoms with Gasteiger partial charge < -0.3 is 15.4 Å². The third-order valence-electron chi connectivity index (χ3n) is 4.99. The van der Waals surface area contributed by atoms with Crippen molar-refractivity contribution >= 4 is 17.5 Å². The summed E-state index contributed by atoms with van der Waals surface area (Å²) in [5, 5.41) is 5.81. The monoisotopic (exact) mass is 450 g/mol. The molecule has 2 aromatic carbocycles. The third kappa shape index (κ3) is 5.43. The van der Waals surface area contributed by atoms with Crippen LogP contribution in [0.2, 0.25) is 0 Å². The van der Waals surface area contributed by atoms with Crippen molar-refractivity contribution in [3.8, 4) is 17.0 Å². The molecule has 4 rings (SSSR count). The lowest BCUT2D eigenvalue weighted by Gasteiger charge is -2.16. The van der Waals surface area contributed by atoms with Crippen LogP contribution in [0.1, 0.15) is 25.7 Å². The second-order valence-corrected chi connectivity index (χ2v) is 7.39. The maximum atomic E-state index is 14.1. The lowest BCUT2D eigenvalue weighted by Crippen LogP contribution is -2.17. The van der Waals surface area contributed by atoms with Crippen molar-refractivity contribution in [1.29, 1.82) is 0 Å². The first-order chi connectivity index (χ1) is 15.3. The van der Waals surface area contributed by atoms with E-state index in [1.807, 2.05) is 0 Å². The van der Waals surface area contributed by atoms with Gasteiger partial charge in [-0.25, -0.2) is 13.8 Å². The summed E-state index contributed by atoms with van der Waals surface area (Å²) >= 11 is 0. The quantitative estimate of drug-likeness (QED) is 0.425. The average molecular weight is 450 g/mol. The molecular weight excluding hydrogens is 431 g/mol. The smallest absolute Gasteiger partial charge is 0.406 e. The fourth-order valence-corrected chi connectivity index (χ4v) is 3.57. The Morgan fingerprint density at radius 1 is 0.906 bits per heavy atom. The maximum absolute atomic E-state index is 14.1. The summed E-state index contributed by atoms with van der Waals surface area (Å²) in [4.78, 5) is 8.71. The number of halogens is 5. The van der Waals surface area contributed by atoms with Crippen LogP contribution in [0.25, 0.3) is 11.3 Å². The van der Waals surface area contributed by atoms with Gasteiger partial charge in [0.1, 0.15) is 28.9 Å². The van der Waals surface area contributed by atoms with Gasteiger partial charge in [-0.3, -0.25) is 0 Å². The molecule has 1 aliphatic rings. The molecular formula is C22H19F5N4O. The number of para-hydroxylation sites is 1. The van der Waals surface area contributed by atoms with Gasteiger partial charge in [0.05, 0.1) is 5.69 Å². The number of aromatic nitrogens is 2. The van der Waals surface area contributed by atoms with Crippen molar-refractivity contribution in [2.45, 2.75) is 38.1 Å². The minimum absolute atomic E-state index is 0.0849. The number of hydrogen-bond acceptors (Lipinski definition) is 5. The molecule has 0 bridgehead atoms. The summed E-state index contributed by atoms with van der Waals surface area (Å²) in [6, 6.07) is 10.3. The van der Waals surface area contributed by atoms with E-state index in [-0.39, 0.29) is 23.5 Å². The lowest BCUT2D eigenvalue weighted by atomic mass is 10.1. The van der Waals surface area contributed by atoms with Gasteiger partial charge in [-0.15, -0.1) is 13.2 Å². The van der Waals surface area contributed by atoms with Crippen LogP contribution < -0.4 is 15.4 Å². The van der Waals surface area contributed by atoms with Crippen LogP contribution in [0.3, 0.4) is 0 Å². The molecule has 1 aliphatic carbocycles. The lowest BCUT2D eigenvalue weighted by molar-refractivity contribution is -0.274. The Morgan fingerprint density at radius 2 is 1.59 bits per heavy atom. The summed E-state index contributed by atoms with van der Waals surface area (Å²) in [5.74, 6) is -1.74. The van der Waals surface area contributed by atoms with Crippen molar-refractivity contribution in [2.24, 2.45) is 0 Å². The SMILES string of the molecule is Fc1cccc(F)c1Nc1cc(-c2cccc(OC(F)(F)F)c2)nc(NC2CCCC2)n1. The van der Waals surface area contributed by atoms with Crippen molar-refractivity contribution < 1.29 is 26.7 Å². The van der Waals surface area contributed by atoms with E-state index in [0.717, 1.165) is 37.8 Å². The zero-order valence-corrected chi connectivity index (χ0v) is 16.7. The second-order valence-electron chi connectivity index (χ2n) is 7.39. The predicted molar refractivity (Wildman–Crippen MR) is 110 cm³/mol. The molecule has 2 N–H and O–H groups in total. The summed E-state index contributed by atoms with van der Waals surface area (Å²) < 4.78 is 70.0. The van der Waals surface area contributed by atoms with Gasteiger partial charge in [0.25, 0.3) is 0 Å². The minimum Gasteiger partial charge on any atom is -0.406 e. The Hall–Kier alpha value is -3.43. The summed E-state index contributed by atoms with van der Waals surface area (Å²) in [7, 11) is 0. The first kappa shape index (κ1) is 21.8. The van der Waals surface area contributed by atoms with E-state index in [1.54, 1.807) is 6.07 Å². The number of ether oxygens (including phenoxy) is 1. The van der Waals surface area contributed by atoms with E-state index in [4.69, 9.17) is 0 Å². The summed E-state index contributed by atoms with van der Waals surface area (Å²) in [6.07, 6.45) is -0.881. The zero-order chi connectivity index (χ0) is 22.7. The molecule has 1 saturated carbocycles. The average Bonchev–Trinajstić information content (AvgIpc) is 3.23. The second kappa shape index (κ2) is 8.97. The van der Waals surface area contributed by atoms with Crippen LogP contribution in [-0.2, 0) is 0 Å². The van der Waals surface area contributed by atoms with Crippen molar-refractivity contribution in [2.75, 3.05) is 10.6 Å². The fraction of sp³-hybridized carbons (Fsp3) is 0.273. The highest BCUT2D eigenvalue weighted by molar-refractivity contribution is 5.68. The van der Waals surface area contributed by atoms with E-state index >= 15 is 0 Å². The molecule has 0 saturated heterocycles. The van der Waals surface area contributed by atoms with E-state index < -0.39 is 29.4 Å². The number of rotatable bonds is 6. The molecule has 0 radical (unpaired) electrons.